The quantitative estimate of drug-likeness (QED) is 0.607. The molecule has 1 fully saturated rings. The van der Waals surface area contributed by atoms with Crippen LogP contribution in [0.4, 0.5) is 0 Å². The van der Waals surface area contributed by atoms with Gasteiger partial charge in [-0.25, -0.2) is 0 Å². The van der Waals surface area contributed by atoms with Gasteiger partial charge in [-0.05, 0) is 44.6 Å². The van der Waals surface area contributed by atoms with Crippen LogP contribution in [-0.2, 0) is 4.74 Å². The lowest BCUT2D eigenvalue weighted by atomic mass is 9.80. The van der Waals surface area contributed by atoms with Crippen LogP contribution < -0.4 is 0 Å². The van der Waals surface area contributed by atoms with E-state index in [-0.39, 0.29) is 5.60 Å². The molecule has 1 aliphatic heterocycles. The zero-order valence-electron chi connectivity index (χ0n) is 13.3. The van der Waals surface area contributed by atoms with Gasteiger partial charge in [-0.2, -0.15) is 0 Å². The van der Waals surface area contributed by atoms with E-state index in [9.17, 15) is 0 Å². The lowest BCUT2D eigenvalue weighted by molar-refractivity contribution is -0.0591. The topological polar surface area (TPSA) is 12.5 Å². The van der Waals surface area contributed by atoms with Crippen LogP contribution in [0.5, 0.6) is 0 Å². The Morgan fingerprint density at radius 3 is 2.37 bits per heavy atom. The molecule has 1 unspecified atom stereocenters. The van der Waals surface area contributed by atoms with Crippen molar-refractivity contribution < 1.29 is 4.74 Å². The zero-order valence-corrected chi connectivity index (χ0v) is 14.9. The van der Waals surface area contributed by atoms with E-state index in [2.05, 4.69) is 41.6 Å². The molecular weight excluding hydrogens is 302 g/mol. The molecule has 0 amide bonds. The first-order chi connectivity index (χ1) is 9.03. The van der Waals surface area contributed by atoms with E-state index in [0.717, 1.165) is 11.9 Å². The normalized spacial score (nSPS) is 25.7. The van der Waals surface area contributed by atoms with Gasteiger partial charge in [0.05, 0.1) is 5.60 Å². The zero-order chi connectivity index (χ0) is 14.4. The number of rotatable bonds is 8. The first-order valence-corrected chi connectivity index (χ1v) is 8.99. The van der Waals surface area contributed by atoms with Gasteiger partial charge >= 0.3 is 0 Å². The van der Waals surface area contributed by atoms with Crippen molar-refractivity contribution in [3.8, 4) is 0 Å². The van der Waals surface area contributed by atoms with E-state index in [0.29, 0.717) is 5.41 Å². The average Bonchev–Trinajstić information content (AvgIpc) is 2.39. The van der Waals surface area contributed by atoms with Crippen molar-refractivity contribution in [3.63, 3.8) is 0 Å². The van der Waals surface area contributed by atoms with E-state index in [1.807, 2.05) is 7.11 Å². The third-order valence-corrected chi connectivity index (χ3v) is 5.82. The summed E-state index contributed by atoms with van der Waals surface area (Å²) in [7, 11) is 1.86. The summed E-state index contributed by atoms with van der Waals surface area (Å²) in [5.74, 6) is 0. The molecule has 19 heavy (non-hydrogen) atoms. The smallest absolute Gasteiger partial charge is 0.0777 e. The minimum atomic E-state index is 0.0642. The van der Waals surface area contributed by atoms with Crippen molar-refractivity contribution in [2.45, 2.75) is 64.9 Å². The van der Waals surface area contributed by atoms with Gasteiger partial charge < -0.3 is 4.74 Å². The largest absolute Gasteiger partial charge is 0.377 e. The molecule has 1 atom stereocenters. The number of nitrogens with zero attached hydrogens (tertiary/aromatic N) is 1. The van der Waals surface area contributed by atoms with Crippen molar-refractivity contribution in [2.75, 3.05) is 32.1 Å². The minimum absolute atomic E-state index is 0.0642. The van der Waals surface area contributed by atoms with Crippen LogP contribution in [0.25, 0.3) is 0 Å². The number of hydrogen-bond acceptors (Lipinski definition) is 2. The summed E-state index contributed by atoms with van der Waals surface area (Å²) in [6, 6.07) is 0. The highest BCUT2D eigenvalue weighted by Gasteiger charge is 2.35. The molecule has 0 aromatic heterocycles. The van der Waals surface area contributed by atoms with E-state index in [1.54, 1.807) is 0 Å². The summed E-state index contributed by atoms with van der Waals surface area (Å²) in [6.07, 6.45) is 7.67. The monoisotopic (exact) mass is 333 g/mol. The fourth-order valence-electron chi connectivity index (χ4n) is 3.60. The van der Waals surface area contributed by atoms with E-state index >= 15 is 0 Å². The maximum atomic E-state index is 5.72. The van der Waals surface area contributed by atoms with Gasteiger partial charge in [-0.15, -0.1) is 0 Å². The summed E-state index contributed by atoms with van der Waals surface area (Å²) in [6.45, 7) is 10.4. The van der Waals surface area contributed by atoms with Gasteiger partial charge in [0, 0.05) is 25.5 Å². The van der Waals surface area contributed by atoms with Gasteiger partial charge in [0.15, 0.2) is 0 Å². The first-order valence-electron chi connectivity index (χ1n) is 7.86. The fourth-order valence-corrected chi connectivity index (χ4v) is 4.34. The first kappa shape index (κ1) is 17.5. The van der Waals surface area contributed by atoms with Gasteiger partial charge in [0.1, 0.15) is 0 Å². The number of hydrogen-bond donors (Lipinski definition) is 0. The highest BCUT2D eigenvalue weighted by molar-refractivity contribution is 9.09. The molecule has 114 valence electrons. The number of likely N-dealkylation sites (tertiary alicyclic amines) is 1. The number of methoxy groups -OCH3 is 1. The second kappa shape index (κ2) is 7.99. The van der Waals surface area contributed by atoms with Crippen molar-refractivity contribution in [2.24, 2.45) is 5.41 Å². The summed E-state index contributed by atoms with van der Waals surface area (Å²) in [5, 5.41) is 1.13. The highest BCUT2D eigenvalue weighted by atomic mass is 79.9. The highest BCUT2D eigenvalue weighted by Crippen LogP contribution is 2.35. The van der Waals surface area contributed by atoms with Crippen LogP contribution >= 0.6 is 15.9 Å². The van der Waals surface area contributed by atoms with Crippen LogP contribution in [-0.4, -0.2) is 42.6 Å². The molecular formula is C16H32BrNO. The number of piperidine rings is 1. The van der Waals surface area contributed by atoms with Crippen molar-refractivity contribution >= 4 is 15.9 Å². The maximum absolute atomic E-state index is 5.72. The Hall–Kier alpha value is 0.400. The third kappa shape index (κ3) is 5.02. The van der Waals surface area contributed by atoms with Crippen molar-refractivity contribution in [1.82, 2.24) is 4.90 Å². The SMILES string of the molecule is CCCC(CBr)(CCC)CN1CCCC(C)(OC)C1. The summed E-state index contributed by atoms with van der Waals surface area (Å²) < 4.78 is 5.72. The molecule has 3 heteroatoms. The molecule has 2 nitrogen and oxygen atoms in total. The lowest BCUT2D eigenvalue weighted by Crippen LogP contribution is -2.51. The molecule has 0 aliphatic carbocycles. The molecule has 1 heterocycles. The molecule has 0 aromatic rings. The Bertz CT molecular complexity index is 253. The number of alkyl halides is 1. The second-order valence-corrected chi connectivity index (χ2v) is 7.16. The number of halogens is 1. The maximum Gasteiger partial charge on any atom is 0.0777 e. The molecule has 1 aliphatic rings. The molecule has 1 saturated heterocycles. The Morgan fingerprint density at radius 1 is 1.26 bits per heavy atom. The van der Waals surface area contributed by atoms with Crippen molar-refractivity contribution in [3.05, 3.63) is 0 Å². The molecule has 0 saturated carbocycles. The van der Waals surface area contributed by atoms with Crippen LogP contribution in [0.3, 0.4) is 0 Å². The van der Waals surface area contributed by atoms with Crippen LogP contribution in [0.1, 0.15) is 59.3 Å². The standard InChI is InChI=1S/C16H32BrNO/c1-5-8-16(12-17,9-6-2)14-18-11-7-10-15(3,13-18)19-4/h5-14H2,1-4H3. The van der Waals surface area contributed by atoms with Gasteiger partial charge in [-0.3, -0.25) is 4.90 Å². The summed E-state index contributed by atoms with van der Waals surface area (Å²) in [4.78, 5) is 2.64. The summed E-state index contributed by atoms with van der Waals surface area (Å²) in [5.41, 5.74) is 0.518. The molecule has 1 rings (SSSR count). The molecule has 0 N–H and O–H groups in total. The van der Waals surface area contributed by atoms with Gasteiger partial charge in [-0.1, -0.05) is 42.6 Å². The Kier molecular flexibility index (Phi) is 7.34. The fraction of sp³-hybridized carbons (Fsp3) is 1.00. The Balaban J connectivity index is 2.67. The minimum Gasteiger partial charge on any atom is -0.377 e. The van der Waals surface area contributed by atoms with E-state index in [4.69, 9.17) is 4.74 Å². The molecule has 0 radical (unpaired) electrons. The van der Waals surface area contributed by atoms with Crippen LogP contribution in [0.2, 0.25) is 0 Å². The second-order valence-electron chi connectivity index (χ2n) is 6.60. The van der Waals surface area contributed by atoms with E-state index in [1.165, 1.54) is 51.6 Å². The molecule has 0 aromatic carbocycles. The average molecular weight is 334 g/mol. The number of ether oxygens (including phenoxy) is 1. The van der Waals surface area contributed by atoms with Gasteiger partial charge in [0.25, 0.3) is 0 Å². The molecule has 0 spiro atoms. The van der Waals surface area contributed by atoms with E-state index < -0.39 is 0 Å². The van der Waals surface area contributed by atoms with Crippen LogP contribution in [0.15, 0.2) is 0 Å². The Morgan fingerprint density at radius 2 is 1.89 bits per heavy atom. The third-order valence-electron chi connectivity index (χ3n) is 4.63. The van der Waals surface area contributed by atoms with Gasteiger partial charge in [0.2, 0.25) is 0 Å². The predicted octanol–water partition coefficient (Wildman–Crippen LogP) is 4.47. The van der Waals surface area contributed by atoms with Crippen molar-refractivity contribution in [1.29, 1.82) is 0 Å². The van der Waals surface area contributed by atoms with Crippen LogP contribution in [0, 0.1) is 5.41 Å². The molecule has 0 bridgehead atoms. The summed E-state index contributed by atoms with van der Waals surface area (Å²) >= 11 is 3.79. The lowest BCUT2D eigenvalue weighted by Gasteiger charge is -2.44. The predicted molar refractivity (Wildman–Crippen MR) is 87.1 cm³/mol. The Labute approximate surface area is 128 Å².